The van der Waals surface area contributed by atoms with Crippen molar-refractivity contribution in [3.63, 3.8) is 0 Å². The van der Waals surface area contributed by atoms with Gasteiger partial charge < -0.3 is 15.4 Å². The Bertz CT molecular complexity index is 935. The second-order valence-electron chi connectivity index (χ2n) is 8.87. The average molecular weight is 578 g/mol. The van der Waals surface area contributed by atoms with Crippen LogP contribution in [0.25, 0.3) is 0 Å². The van der Waals surface area contributed by atoms with Crippen LogP contribution in [0.1, 0.15) is 44.9 Å². The number of Topliss-reactive ketones (excluding diaryl/α,β-unsaturated/α-hetero) is 1. The van der Waals surface area contributed by atoms with Gasteiger partial charge in [-0.15, -0.1) is 0 Å². The van der Waals surface area contributed by atoms with E-state index in [1.165, 1.54) is 5.32 Å². The van der Waals surface area contributed by atoms with E-state index in [9.17, 15) is 67.5 Å². The number of rotatable bonds is 8. The number of hydrogen-bond donors (Lipinski definition) is 2. The topological polar surface area (TPSA) is 102 Å². The summed E-state index contributed by atoms with van der Waals surface area (Å²) in [6.07, 6.45) is -7.45. The lowest BCUT2D eigenvalue weighted by molar-refractivity contribution is -0.421. The molecule has 2 saturated carbocycles. The first-order valence-electron chi connectivity index (χ1n) is 11.0. The number of carbonyl (C=O) groups excluding carboxylic acids is 4. The second kappa shape index (κ2) is 10.8. The minimum Gasteiger partial charge on any atom is -0.464 e. The molecule has 3 aliphatic rings. The fourth-order valence-electron chi connectivity index (χ4n) is 3.39. The van der Waals surface area contributed by atoms with E-state index in [1.54, 1.807) is 0 Å². The molecule has 1 aliphatic heterocycles. The lowest BCUT2D eigenvalue weighted by atomic mass is 9.96. The van der Waals surface area contributed by atoms with Crippen LogP contribution < -0.4 is 10.6 Å². The fourth-order valence-corrected chi connectivity index (χ4v) is 3.39. The Balaban J connectivity index is 0.000000347. The van der Waals surface area contributed by atoms with Crippen LogP contribution in [0.3, 0.4) is 0 Å². The lowest BCUT2D eigenvalue weighted by Gasteiger charge is -2.37. The predicted octanol–water partition coefficient (Wildman–Crippen LogP) is 3.55. The summed E-state index contributed by atoms with van der Waals surface area (Å²) in [7, 11) is 0. The first-order valence-corrected chi connectivity index (χ1v) is 11.0. The Hall–Kier alpha value is -2.69. The van der Waals surface area contributed by atoms with Crippen LogP contribution in [-0.2, 0) is 23.9 Å². The molecule has 3 fully saturated rings. The number of alkyl halides is 11. The van der Waals surface area contributed by atoms with Gasteiger partial charge in [0.2, 0.25) is 11.8 Å². The van der Waals surface area contributed by atoms with E-state index in [0.29, 0.717) is 13.0 Å². The van der Waals surface area contributed by atoms with Crippen LogP contribution in [0.15, 0.2) is 0 Å². The van der Waals surface area contributed by atoms with Gasteiger partial charge in [-0.25, -0.2) is 4.79 Å². The summed E-state index contributed by atoms with van der Waals surface area (Å²) in [5.41, 5.74) is 0. The monoisotopic (exact) mass is 578 g/mol. The standard InChI is InChI=1S/C12H10F11NO2.C8H11NO3/c13-8(14,4-7(26)24-5-2-1-3-6(5)25)9(15,16)10(17,18)11(19,20)12(21,22)23;10-7(5-1-2-5)9-6-3-4-12-8(6)11/h5H,1-4H2,(H,24,26);5-6H,1-4H2,(H,9,10)/t5-;6-/m00/s1. The molecule has 0 spiro atoms. The van der Waals surface area contributed by atoms with Gasteiger partial charge in [0.1, 0.15) is 6.04 Å². The van der Waals surface area contributed by atoms with E-state index >= 15 is 0 Å². The Morgan fingerprint density at radius 3 is 1.76 bits per heavy atom. The number of cyclic esters (lactones) is 1. The molecule has 0 aromatic carbocycles. The van der Waals surface area contributed by atoms with Gasteiger partial charge in [0.15, 0.2) is 5.78 Å². The maximum Gasteiger partial charge on any atom is 0.460 e. The Kier molecular flexibility index (Phi) is 8.98. The summed E-state index contributed by atoms with van der Waals surface area (Å²) in [4.78, 5) is 44.5. The smallest absolute Gasteiger partial charge is 0.460 e. The molecular formula is C20H21F11N2O5. The molecule has 1 heterocycles. The molecule has 2 aliphatic carbocycles. The van der Waals surface area contributed by atoms with Crippen molar-refractivity contribution < 1.29 is 72.2 Å². The van der Waals surface area contributed by atoms with Gasteiger partial charge >= 0.3 is 35.8 Å². The van der Waals surface area contributed by atoms with E-state index < -0.39 is 54.0 Å². The van der Waals surface area contributed by atoms with Gasteiger partial charge in [0, 0.05) is 18.8 Å². The summed E-state index contributed by atoms with van der Waals surface area (Å²) >= 11 is 0. The summed E-state index contributed by atoms with van der Waals surface area (Å²) in [5.74, 6) is -31.4. The predicted molar refractivity (Wildman–Crippen MR) is 101 cm³/mol. The van der Waals surface area contributed by atoms with Gasteiger partial charge in [-0.1, -0.05) is 0 Å². The molecule has 2 atom stereocenters. The molecule has 2 N–H and O–H groups in total. The van der Waals surface area contributed by atoms with Crippen molar-refractivity contribution in [2.75, 3.05) is 6.61 Å². The molecule has 18 heteroatoms. The molecule has 0 unspecified atom stereocenters. The van der Waals surface area contributed by atoms with Gasteiger partial charge in [0.25, 0.3) is 0 Å². The van der Waals surface area contributed by atoms with Gasteiger partial charge in [-0.2, -0.15) is 48.3 Å². The first-order chi connectivity index (χ1) is 17.2. The average Bonchev–Trinajstić information content (AvgIpc) is 3.45. The van der Waals surface area contributed by atoms with Crippen LogP contribution in [0.4, 0.5) is 48.3 Å². The van der Waals surface area contributed by atoms with E-state index in [1.807, 2.05) is 0 Å². The molecule has 2 amide bonds. The number of carbonyl (C=O) groups is 4. The van der Waals surface area contributed by atoms with Crippen LogP contribution >= 0.6 is 0 Å². The van der Waals surface area contributed by atoms with Gasteiger partial charge in [-0.3, -0.25) is 14.4 Å². The van der Waals surface area contributed by atoms with Gasteiger partial charge in [-0.05, 0) is 25.7 Å². The van der Waals surface area contributed by atoms with Crippen molar-refractivity contribution in [1.29, 1.82) is 0 Å². The van der Waals surface area contributed by atoms with E-state index in [2.05, 4.69) is 5.32 Å². The molecule has 0 radical (unpaired) electrons. The maximum absolute atomic E-state index is 13.4. The zero-order valence-electron chi connectivity index (χ0n) is 19.1. The Morgan fingerprint density at radius 2 is 1.34 bits per heavy atom. The zero-order valence-corrected chi connectivity index (χ0v) is 19.1. The summed E-state index contributed by atoms with van der Waals surface area (Å²) < 4.78 is 145. The number of halogens is 11. The molecule has 7 nitrogen and oxygen atoms in total. The first kappa shape index (κ1) is 31.5. The molecule has 0 bridgehead atoms. The van der Waals surface area contributed by atoms with Crippen molar-refractivity contribution in [2.45, 2.75) is 86.9 Å². The van der Waals surface area contributed by atoms with E-state index in [4.69, 9.17) is 4.74 Å². The summed E-state index contributed by atoms with van der Waals surface area (Å²) in [6.45, 7) is 0.439. The van der Waals surface area contributed by atoms with Crippen LogP contribution in [0.2, 0.25) is 0 Å². The van der Waals surface area contributed by atoms with Crippen LogP contribution in [0, 0.1) is 5.92 Å². The van der Waals surface area contributed by atoms with Crippen molar-refractivity contribution in [2.24, 2.45) is 5.92 Å². The number of nitrogens with one attached hydrogen (secondary N) is 2. The SMILES string of the molecule is O=C(CC(F)(F)C(F)(F)C(F)(F)C(F)(F)C(F)(F)F)N[C@H]1CCCC1=O.O=C(N[C@H]1CCOC1=O)C1CC1. The molecule has 0 aromatic rings. The molecule has 0 aromatic heterocycles. The van der Waals surface area contributed by atoms with Crippen molar-refractivity contribution in [1.82, 2.24) is 10.6 Å². The highest BCUT2D eigenvalue weighted by Crippen LogP contribution is 2.57. The highest BCUT2D eigenvalue weighted by Gasteiger charge is 2.87. The maximum atomic E-state index is 13.4. The van der Waals surface area contributed by atoms with Crippen LogP contribution in [0.5, 0.6) is 0 Å². The zero-order chi connectivity index (χ0) is 29.3. The van der Waals surface area contributed by atoms with Crippen molar-refractivity contribution >= 4 is 23.6 Å². The fraction of sp³-hybridized carbons (Fsp3) is 0.800. The number of hydrogen-bond acceptors (Lipinski definition) is 5. The number of ketones is 1. The van der Waals surface area contributed by atoms with Crippen LogP contribution in [-0.4, -0.2) is 72.1 Å². The van der Waals surface area contributed by atoms with E-state index in [-0.39, 0.29) is 43.1 Å². The summed E-state index contributed by atoms with van der Waals surface area (Å²) in [6, 6.07) is -1.73. The quantitative estimate of drug-likeness (QED) is 0.339. The van der Waals surface area contributed by atoms with Crippen molar-refractivity contribution in [3.8, 4) is 0 Å². The number of amides is 2. The minimum absolute atomic E-state index is 0.0128. The molecule has 218 valence electrons. The highest BCUT2D eigenvalue weighted by molar-refractivity contribution is 5.90. The second-order valence-corrected chi connectivity index (χ2v) is 8.87. The summed E-state index contributed by atoms with van der Waals surface area (Å²) in [5, 5.41) is 4.20. The molecule has 38 heavy (non-hydrogen) atoms. The van der Waals surface area contributed by atoms with Crippen molar-refractivity contribution in [3.05, 3.63) is 0 Å². The van der Waals surface area contributed by atoms with E-state index in [0.717, 1.165) is 12.8 Å². The number of ether oxygens (including phenoxy) is 1. The number of esters is 1. The third-order valence-corrected chi connectivity index (χ3v) is 5.83. The molecular weight excluding hydrogens is 557 g/mol. The largest absolute Gasteiger partial charge is 0.464 e. The third-order valence-electron chi connectivity index (χ3n) is 5.83. The minimum atomic E-state index is -7.55. The Morgan fingerprint density at radius 1 is 0.763 bits per heavy atom. The third kappa shape index (κ3) is 6.47. The normalized spacial score (nSPS) is 22.9. The molecule has 1 saturated heterocycles. The molecule has 3 rings (SSSR count). The van der Waals surface area contributed by atoms with Gasteiger partial charge in [0.05, 0.1) is 19.1 Å². The highest BCUT2D eigenvalue weighted by atomic mass is 19.4. The lowest BCUT2D eigenvalue weighted by Crippen LogP contribution is -2.66. The Labute approximate surface area is 206 Å².